The first-order chi connectivity index (χ1) is 10.6. The number of alkyl halides is 2. The quantitative estimate of drug-likeness (QED) is 0.353. The highest BCUT2D eigenvalue weighted by Crippen LogP contribution is 2.17. The molecule has 1 rings (SSSR count). The molecule has 1 fully saturated rings. The Hall–Kier alpha value is -2.00. The van der Waals surface area contributed by atoms with Crippen LogP contribution in [-0.2, 0) is 33.5 Å². The van der Waals surface area contributed by atoms with Crippen LogP contribution in [0.3, 0.4) is 0 Å². The number of rotatable bonds is 7. The van der Waals surface area contributed by atoms with Crippen molar-refractivity contribution >= 4 is 58.6 Å². The Morgan fingerprint density at radius 2 is 1.70 bits per heavy atom. The molecule has 11 heteroatoms. The lowest BCUT2D eigenvalue weighted by molar-refractivity contribution is -0.153. The highest BCUT2D eigenvalue weighted by Gasteiger charge is 2.38. The summed E-state index contributed by atoms with van der Waals surface area (Å²) in [6.45, 7) is 0. The minimum atomic E-state index is -1.53. The maximum absolute atomic E-state index is 10.8. The van der Waals surface area contributed by atoms with Gasteiger partial charge in [0.05, 0.1) is 24.6 Å². The molecule has 0 spiro atoms. The first-order valence-electron chi connectivity index (χ1n) is 6.00. The zero-order chi connectivity index (χ0) is 18.2. The van der Waals surface area contributed by atoms with E-state index in [9.17, 15) is 28.8 Å². The van der Waals surface area contributed by atoms with E-state index in [0.717, 1.165) is 0 Å². The molecule has 1 aliphatic heterocycles. The van der Waals surface area contributed by atoms with E-state index in [4.69, 9.17) is 33.4 Å². The number of Topliss-reactive ketones (excluding diaryl/α,β-unsaturated/α-hetero) is 2. The number of ether oxygens (including phenoxy) is 1. The number of hydrogen-bond acceptors (Lipinski definition) is 7. The van der Waals surface area contributed by atoms with Crippen LogP contribution in [0.5, 0.6) is 0 Å². The Morgan fingerprint density at radius 1 is 1.13 bits per heavy atom. The molecule has 1 aliphatic rings. The third-order valence-electron chi connectivity index (χ3n) is 2.59. The zero-order valence-electron chi connectivity index (χ0n) is 11.5. The summed E-state index contributed by atoms with van der Waals surface area (Å²) in [7, 11) is 0. The highest BCUT2D eigenvalue weighted by atomic mass is 35.5. The van der Waals surface area contributed by atoms with Crippen LogP contribution in [0.15, 0.2) is 0 Å². The van der Waals surface area contributed by atoms with E-state index in [1.165, 1.54) is 0 Å². The van der Waals surface area contributed by atoms with Gasteiger partial charge >= 0.3 is 23.9 Å². The van der Waals surface area contributed by atoms with Gasteiger partial charge in [0.2, 0.25) is 0 Å². The fraction of sp³-hybridized carbons (Fsp3) is 0.500. The number of hydrogen-bond donors (Lipinski definition) is 2. The Labute approximate surface area is 139 Å². The lowest BCUT2D eigenvalue weighted by Gasteiger charge is -2.04. The second kappa shape index (κ2) is 9.90. The number of cyclic esters (lactones) is 2. The Bertz CT molecular complexity index is 529. The third kappa shape index (κ3) is 7.20. The molecule has 2 N–H and O–H groups in total. The number of carboxylic acids is 2. The van der Waals surface area contributed by atoms with E-state index in [0.29, 0.717) is 0 Å². The molecule has 0 aromatic heterocycles. The average molecular weight is 371 g/mol. The maximum atomic E-state index is 10.8. The summed E-state index contributed by atoms with van der Waals surface area (Å²) < 4.78 is 4.14. The summed E-state index contributed by atoms with van der Waals surface area (Å²) in [6.07, 6.45) is -0.884. The molecule has 2 atom stereocenters. The van der Waals surface area contributed by atoms with Crippen molar-refractivity contribution in [3.8, 4) is 0 Å². The molecule has 23 heavy (non-hydrogen) atoms. The molecule has 1 saturated heterocycles. The first kappa shape index (κ1) is 21.0. The summed E-state index contributed by atoms with van der Waals surface area (Å²) in [5.41, 5.74) is 0. The summed E-state index contributed by atoms with van der Waals surface area (Å²) in [5, 5.41) is 16.6. The molecule has 2 unspecified atom stereocenters. The summed E-state index contributed by atoms with van der Waals surface area (Å²) in [6, 6.07) is 0. The van der Waals surface area contributed by atoms with Gasteiger partial charge in [0, 0.05) is 0 Å². The van der Waals surface area contributed by atoms with Crippen LogP contribution in [0.4, 0.5) is 0 Å². The lowest BCUT2D eigenvalue weighted by Crippen LogP contribution is -2.27. The largest absolute Gasteiger partial charge is 0.481 e. The monoisotopic (exact) mass is 370 g/mol. The van der Waals surface area contributed by atoms with Crippen molar-refractivity contribution < 1.29 is 43.7 Å². The number of halogens is 2. The molecule has 0 bridgehead atoms. The predicted octanol–water partition coefficient (Wildman–Crippen LogP) is -0.146. The van der Waals surface area contributed by atoms with Crippen molar-refractivity contribution in [1.82, 2.24) is 0 Å². The smallest absolute Gasteiger partial charge is 0.324 e. The van der Waals surface area contributed by atoms with Gasteiger partial charge in [-0.3, -0.25) is 28.8 Å². The van der Waals surface area contributed by atoms with Gasteiger partial charge < -0.3 is 14.9 Å². The molecule has 0 aromatic rings. The van der Waals surface area contributed by atoms with E-state index >= 15 is 0 Å². The maximum Gasteiger partial charge on any atom is 0.324 e. The minimum Gasteiger partial charge on any atom is -0.481 e. The zero-order valence-corrected chi connectivity index (χ0v) is 13.0. The van der Waals surface area contributed by atoms with Crippen molar-refractivity contribution in [1.29, 1.82) is 0 Å². The van der Waals surface area contributed by atoms with E-state index in [-0.39, 0.29) is 12.3 Å². The molecule has 0 saturated carbocycles. The van der Waals surface area contributed by atoms with Gasteiger partial charge in [-0.1, -0.05) is 0 Å². The predicted molar refractivity (Wildman–Crippen MR) is 74.0 cm³/mol. The average Bonchev–Trinajstić information content (AvgIpc) is 2.82. The molecule has 0 amide bonds. The molecule has 0 radical (unpaired) electrons. The SMILES string of the molecule is O=C(O)CC(C(=O)O)C(=O)CCl.O=C1CC(C(=O)CCl)C(=O)O1. The van der Waals surface area contributed by atoms with Crippen LogP contribution in [0.1, 0.15) is 12.8 Å². The van der Waals surface area contributed by atoms with Gasteiger partial charge in [0.25, 0.3) is 0 Å². The molecule has 1 heterocycles. The first-order valence-corrected chi connectivity index (χ1v) is 7.07. The van der Waals surface area contributed by atoms with Crippen molar-refractivity contribution in [2.75, 3.05) is 11.8 Å². The molecule has 0 aliphatic carbocycles. The molecule has 0 aromatic carbocycles. The third-order valence-corrected chi connectivity index (χ3v) is 3.11. The molecular formula is C12H12Cl2O9. The second-order valence-electron chi connectivity index (χ2n) is 4.24. The van der Waals surface area contributed by atoms with Gasteiger partial charge in [0.15, 0.2) is 11.6 Å². The number of carbonyl (C=O) groups excluding carboxylic acids is 4. The van der Waals surface area contributed by atoms with Crippen LogP contribution in [-0.4, -0.2) is 57.4 Å². The van der Waals surface area contributed by atoms with Crippen molar-refractivity contribution in [2.24, 2.45) is 11.8 Å². The standard InChI is InChI=1S/C6H7ClO5.C6H5ClO4/c7-2-4(8)3(6(11)12)1-5(9)10;7-2-4(8)3-1-5(9)11-6(3)10/h3H,1-2H2,(H,9,10)(H,11,12);3H,1-2H2. The summed E-state index contributed by atoms with van der Waals surface area (Å²) in [5.74, 6) is -8.69. The van der Waals surface area contributed by atoms with Crippen molar-refractivity contribution in [3.63, 3.8) is 0 Å². The number of carboxylic acid groups (broad SMARTS) is 2. The van der Waals surface area contributed by atoms with Crippen LogP contribution in [0.2, 0.25) is 0 Å². The second-order valence-corrected chi connectivity index (χ2v) is 4.77. The van der Waals surface area contributed by atoms with E-state index in [1.807, 2.05) is 0 Å². The van der Waals surface area contributed by atoms with E-state index in [1.54, 1.807) is 0 Å². The molecule has 9 nitrogen and oxygen atoms in total. The van der Waals surface area contributed by atoms with Crippen LogP contribution < -0.4 is 0 Å². The number of aliphatic carboxylic acids is 2. The number of esters is 2. The van der Waals surface area contributed by atoms with Gasteiger partial charge in [-0.05, 0) is 0 Å². The van der Waals surface area contributed by atoms with Crippen molar-refractivity contribution in [2.45, 2.75) is 12.8 Å². The van der Waals surface area contributed by atoms with Gasteiger partial charge in [-0.25, -0.2) is 0 Å². The van der Waals surface area contributed by atoms with Crippen LogP contribution in [0.25, 0.3) is 0 Å². The Kier molecular flexibility index (Phi) is 9.04. The molecule has 128 valence electrons. The molecular weight excluding hydrogens is 359 g/mol. The fourth-order valence-electron chi connectivity index (χ4n) is 1.42. The number of ketones is 2. The minimum absolute atomic E-state index is 0.162. The van der Waals surface area contributed by atoms with E-state index in [2.05, 4.69) is 4.74 Å². The Morgan fingerprint density at radius 3 is 2.00 bits per heavy atom. The lowest BCUT2D eigenvalue weighted by atomic mass is 10.0. The summed E-state index contributed by atoms with van der Waals surface area (Å²) in [4.78, 5) is 63.0. The normalized spacial score (nSPS) is 17.6. The Balaban J connectivity index is 0.000000422. The fourth-order valence-corrected chi connectivity index (χ4v) is 1.79. The van der Waals surface area contributed by atoms with Gasteiger partial charge in [0.1, 0.15) is 11.8 Å². The van der Waals surface area contributed by atoms with Crippen LogP contribution in [0, 0.1) is 11.8 Å². The van der Waals surface area contributed by atoms with Crippen LogP contribution >= 0.6 is 23.2 Å². The van der Waals surface area contributed by atoms with Gasteiger partial charge in [-0.2, -0.15) is 0 Å². The highest BCUT2D eigenvalue weighted by molar-refractivity contribution is 6.30. The van der Waals surface area contributed by atoms with Crippen molar-refractivity contribution in [3.05, 3.63) is 0 Å². The van der Waals surface area contributed by atoms with Gasteiger partial charge in [-0.15, -0.1) is 23.2 Å². The number of carbonyl (C=O) groups is 6. The summed E-state index contributed by atoms with van der Waals surface area (Å²) >= 11 is 10.2. The topological polar surface area (TPSA) is 152 Å². The van der Waals surface area contributed by atoms with E-state index < -0.39 is 59.6 Å².